The molecule has 2 unspecified atom stereocenters. The van der Waals surface area contributed by atoms with E-state index in [2.05, 4.69) is 18.3 Å². The van der Waals surface area contributed by atoms with E-state index < -0.39 is 0 Å². The van der Waals surface area contributed by atoms with Crippen LogP contribution in [0, 0.1) is 17.2 Å². The van der Waals surface area contributed by atoms with Gasteiger partial charge >= 0.3 is 0 Å². The second kappa shape index (κ2) is 4.54. The van der Waals surface area contributed by atoms with Gasteiger partial charge in [-0.3, -0.25) is 0 Å². The molecule has 1 rings (SSSR count). The predicted octanol–water partition coefficient (Wildman–Crippen LogP) is 1.32. The van der Waals surface area contributed by atoms with Crippen LogP contribution in [0.3, 0.4) is 0 Å². The van der Waals surface area contributed by atoms with Gasteiger partial charge in [0.2, 0.25) is 0 Å². The molecule has 0 aliphatic carbocycles. The molecule has 3 heteroatoms. The maximum absolute atomic E-state index is 8.53. The van der Waals surface area contributed by atoms with Crippen LogP contribution >= 0.6 is 12.4 Å². The molecule has 0 saturated carbocycles. The molecular formula is C7H13ClN2. The van der Waals surface area contributed by atoms with Gasteiger partial charge in [-0.05, 0) is 26.3 Å². The van der Waals surface area contributed by atoms with Crippen LogP contribution in [0.2, 0.25) is 0 Å². The Morgan fingerprint density at radius 3 is 2.70 bits per heavy atom. The van der Waals surface area contributed by atoms with Crippen molar-refractivity contribution in [1.82, 2.24) is 5.32 Å². The minimum Gasteiger partial charge on any atom is -0.314 e. The van der Waals surface area contributed by atoms with Crippen molar-refractivity contribution in [2.45, 2.75) is 25.8 Å². The monoisotopic (exact) mass is 160 g/mol. The summed E-state index contributed by atoms with van der Waals surface area (Å²) in [5.41, 5.74) is 0. The highest BCUT2D eigenvalue weighted by atomic mass is 35.5. The SMILES string of the molecule is CC1CC(C#N)CCN1.Cl. The fourth-order valence-corrected chi connectivity index (χ4v) is 1.25. The zero-order valence-corrected chi connectivity index (χ0v) is 6.95. The molecule has 0 aromatic rings. The molecule has 0 aromatic heterocycles. The Morgan fingerprint density at radius 2 is 2.30 bits per heavy atom. The highest BCUT2D eigenvalue weighted by Gasteiger charge is 2.16. The van der Waals surface area contributed by atoms with Crippen LogP contribution in [-0.4, -0.2) is 12.6 Å². The Hall–Kier alpha value is -0.260. The van der Waals surface area contributed by atoms with Crippen LogP contribution in [0.5, 0.6) is 0 Å². The van der Waals surface area contributed by atoms with Gasteiger partial charge in [0.25, 0.3) is 0 Å². The van der Waals surface area contributed by atoms with Gasteiger partial charge in [0.05, 0.1) is 6.07 Å². The van der Waals surface area contributed by atoms with Crippen molar-refractivity contribution < 1.29 is 0 Å². The van der Waals surface area contributed by atoms with Gasteiger partial charge < -0.3 is 5.32 Å². The van der Waals surface area contributed by atoms with Crippen LogP contribution in [0.15, 0.2) is 0 Å². The largest absolute Gasteiger partial charge is 0.314 e. The minimum atomic E-state index is 0. The van der Waals surface area contributed by atoms with E-state index in [1.165, 1.54) is 0 Å². The topological polar surface area (TPSA) is 35.8 Å². The van der Waals surface area contributed by atoms with Crippen LogP contribution < -0.4 is 5.32 Å². The summed E-state index contributed by atoms with van der Waals surface area (Å²) in [6.07, 6.45) is 2.05. The molecule has 1 N–H and O–H groups in total. The van der Waals surface area contributed by atoms with E-state index in [0.29, 0.717) is 12.0 Å². The van der Waals surface area contributed by atoms with Crippen molar-refractivity contribution in [1.29, 1.82) is 5.26 Å². The third-order valence-corrected chi connectivity index (χ3v) is 1.81. The predicted molar refractivity (Wildman–Crippen MR) is 43.0 cm³/mol. The Bertz CT molecular complexity index is 130. The van der Waals surface area contributed by atoms with Gasteiger partial charge in [0.15, 0.2) is 0 Å². The molecule has 58 valence electrons. The number of hydrogen-bond acceptors (Lipinski definition) is 2. The van der Waals surface area contributed by atoms with Crippen LogP contribution in [0.1, 0.15) is 19.8 Å². The van der Waals surface area contributed by atoms with Crippen molar-refractivity contribution in [3.05, 3.63) is 0 Å². The van der Waals surface area contributed by atoms with Crippen molar-refractivity contribution >= 4 is 12.4 Å². The number of halogens is 1. The van der Waals surface area contributed by atoms with Crippen LogP contribution in [-0.2, 0) is 0 Å². The van der Waals surface area contributed by atoms with E-state index >= 15 is 0 Å². The summed E-state index contributed by atoms with van der Waals surface area (Å²) >= 11 is 0. The highest BCUT2D eigenvalue weighted by molar-refractivity contribution is 5.85. The number of hydrogen-bond donors (Lipinski definition) is 1. The summed E-state index contributed by atoms with van der Waals surface area (Å²) in [4.78, 5) is 0. The molecule has 0 radical (unpaired) electrons. The molecule has 1 fully saturated rings. The van der Waals surface area contributed by atoms with E-state index in [1.54, 1.807) is 0 Å². The summed E-state index contributed by atoms with van der Waals surface area (Å²) in [5, 5.41) is 11.8. The van der Waals surface area contributed by atoms with Gasteiger partial charge in [0.1, 0.15) is 0 Å². The second-order valence-corrected chi connectivity index (χ2v) is 2.71. The lowest BCUT2D eigenvalue weighted by Gasteiger charge is -2.22. The molecule has 1 heterocycles. The quantitative estimate of drug-likeness (QED) is 0.580. The van der Waals surface area contributed by atoms with Gasteiger partial charge in [0, 0.05) is 12.0 Å². The maximum Gasteiger partial charge on any atom is 0.0656 e. The molecule has 2 atom stereocenters. The Morgan fingerprint density at radius 1 is 1.60 bits per heavy atom. The molecule has 1 aliphatic heterocycles. The van der Waals surface area contributed by atoms with Gasteiger partial charge in [-0.2, -0.15) is 5.26 Å². The first kappa shape index (κ1) is 9.74. The molecule has 0 bridgehead atoms. The van der Waals surface area contributed by atoms with Crippen LogP contribution in [0.25, 0.3) is 0 Å². The first-order valence-electron chi connectivity index (χ1n) is 3.46. The first-order valence-corrected chi connectivity index (χ1v) is 3.46. The van der Waals surface area contributed by atoms with Crippen molar-refractivity contribution in [2.75, 3.05) is 6.54 Å². The minimum absolute atomic E-state index is 0. The van der Waals surface area contributed by atoms with Gasteiger partial charge in [-0.1, -0.05) is 0 Å². The van der Waals surface area contributed by atoms with Crippen LogP contribution in [0.4, 0.5) is 0 Å². The van der Waals surface area contributed by atoms with E-state index in [9.17, 15) is 0 Å². The average molecular weight is 161 g/mol. The molecule has 2 nitrogen and oxygen atoms in total. The van der Waals surface area contributed by atoms with Gasteiger partial charge in [-0.25, -0.2) is 0 Å². The van der Waals surface area contributed by atoms with Crippen molar-refractivity contribution in [3.63, 3.8) is 0 Å². The van der Waals surface area contributed by atoms with E-state index in [1.807, 2.05) is 0 Å². The number of nitrogens with zero attached hydrogens (tertiary/aromatic N) is 1. The standard InChI is InChI=1S/C7H12N2.ClH/c1-6-4-7(5-8)2-3-9-6;/h6-7,9H,2-4H2,1H3;1H. The average Bonchev–Trinajstić information content (AvgIpc) is 1.88. The van der Waals surface area contributed by atoms with Crippen molar-refractivity contribution in [3.8, 4) is 6.07 Å². The Balaban J connectivity index is 0.000000810. The lowest BCUT2D eigenvalue weighted by Crippen LogP contribution is -2.35. The number of rotatable bonds is 0. The molecule has 1 saturated heterocycles. The zero-order chi connectivity index (χ0) is 6.69. The molecule has 0 spiro atoms. The van der Waals surface area contributed by atoms with E-state index in [4.69, 9.17) is 5.26 Å². The Labute approximate surface area is 68.0 Å². The molecule has 0 aromatic carbocycles. The van der Waals surface area contributed by atoms with Crippen molar-refractivity contribution in [2.24, 2.45) is 5.92 Å². The molecular weight excluding hydrogens is 148 g/mol. The summed E-state index contributed by atoms with van der Waals surface area (Å²) in [7, 11) is 0. The van der Waals surface area contributed by atoms with E-state index in [0.717, 1.165) is 19.4 Å². The van der Waals surface area contributed by atoms with E-state index in [-0.39, 0.29) is 12.4 Å². The number of nitrogens with one attached hydrogen (secondary N) is 1. The Kier molecular flexibility index (Phi) is 4.42. The molecule has 0 amide bonds. The summed E-state index contributed by atoms with van der Waals surface area (Å²) in [6.45, 7) is 3.14. The highest BCUT2D eigenvalue weighted by Crippen LogP contribution is 2.13. The second-order valence-electron chi connectivity index (χ2n) is 2.71. The number of nitriles is 1. The van der Waals surface area contributed by atoms with Gasteiger partial charge in [-0.15, -0.1) is 12.4 Å². The smallest absolute Gasteiger partial charge is 0.0656 e. The fourth-order valence-electron chi connectivity index (χ4n) is 1.25. The molecule has 10 heavy (non-hydrogen) atoms. The molecule has 1 aliphatic rings. The lowest BCUT2D eigenvalue weighted by atomic mass is 9.95. The first-order chi connectivity index (χ1) is 4.33. The maximum atomic E-state index is 8.53. The fraction of sp³-hybridized carbons (Fsp3) is 0.857. The summed E-state index contributed by atoms with van der Waals surface area (Å²) in [6, 6.07) is 2.84. The third-order valence-electron chi connectivity index (χ3n) is 1.81. The summed E-state index contributed by atoms with van der Waals surface area (Å²) in [5.74, 6) is 0.307. The normalized spacial score (nSPS) is 32.0. The lowest BCUT2D eigenvalue weighted by molar-refractivity contribution is 0.368. The summed E-state index contributed by atoms with van der Waals surface area (Å²) < 4.78 is 0. The number of piperidine rings is 1. The third kappa shape index (κ3) is 2.55. The zero-order valence-electron chi connectivity index (χ0n) is 6.13.